The van der Waals surface area contributed by atoms with Gasteiger partial charge in [-0.3, -0.25) is 4.90 Å². The second-order valence-electron chi connectivity index (χ2n) is 5.87. The predicted molar refractivity (Wildman–Crippen MR) is 80.1 cm³/mol. The van der Waals surface area contributed by atoms with Gasteiger partial charge in [-0.1, -0.05) is 24.3 Å². The Bertz CT molecular complexity index is 581. The molecule has 1 aromatic rings. The smallest absolute Gasteiger partial charge is 0.215 e. The summed E-state index contributed by atoms with van der Waals surface area (Å²) in [5.74, 6) is 0.741. The lowest BCUT2D eigenvalue weighted by Crippen LogP contribution is -2.34. The molecule has 0 aromatic heterocycles. The molecule has 20 heavy (non-hydrogen) atoms. The van der Waals surface area contributed by atoms with Gasteiger partial charge in [-0.2, -0.15) is 0 Å². The molecule has 2 fully saturated rings. The molecule has 1 atom stereocenters. The summed E-state index contributed by atoms with van der Waals surface area (Å²) in [6.07, 6.45) is 3.33. The third-order valence-corrected chi connectivity index (χ3v) is 6.25. The van der Waals surface area contributed by atoms with Gasteiger partial charge in [-0.25, -0.2) is 13.1 Å². The first-order valence-corrected chi connectivity index (χ1v) is 8.87. The Labute approximate surface area is 121 Å². The highest BCUT2D eigenvalue weighted by Crippen LogP contribution is 2.41. The molecular formula is C15H22N2O2S. The van der Waals surface area contributed by atoms with Gasteiger partial charge in [0.1, 0.15) is 0 Å². The van der Waals surface area contributed by atoms with E-state index in [1.54, 1.807) is 0 Å². The molecule has 0 bridgehead atoms. The number of nitrogens with one attached hydrogen (secondary N) is 1. The predicted octanol–water partition coefficient (Wildman–Crippen LogP) is 1.69. The van der Waals surface area contributed by atoms with E-state index in [1.807, 2.05) is 0 Å². The molecule has 1 aromatic carbocycles. The van der Waals surface area contributed by atoms with E-state index in [4.69, 9.17) is 0 Å². The van der Waals surface area contributed by atoms with Crippen LogP contribution in [0.5, 0.6) is 0 Å². The fraction of sp³-hybridized carbons (Fsp3) is 0.600. The van der Waals surface area contributed by atoms with Crippen LogP contribution in [0.15, 0.2) is 24.3 Å². The molecule has 1 aliphatic carbocycles. The van der Waals surface area contributed by atoms with Crippen molar-refractivity contribution in [1.29, 1.82) is 0 Å². The lowest BCUT2D eigenvalue weighted by atomic mass is 10.0. The zero-order valence-corrected chi connectivity index (χ0v) is 12.7. The van der Waals surface area contributed by atoms with Gasteiger partial charge in [0.05, 0.1) is 5.25 Å². The van der Waals surface area contributed by atoms with Crippen LogP contribution in [0.1, 0.15) is 36.3 Å². The molecule has 1 unspecified atom stereocenters. The van der Waals surface area contributed by atoms with E-state index in [1.165, 1.54) is 31.0 Å². The summed E-state index contributed by atoms with van der Waals surface area (Å²) in [4.78, 5) is 2.26. The van der Waals surface area contributed by atoms with Crippen molar-refractivity contribution in [3.8, 4) is 0 Å². The minimum atomic E-state index is -3.13. The number of nitrogens with zero attached hydrogens (tertiary/aromatic N) is 1. The van der Waals surface area contributed by atoms with Crippen molar-refractivity contribution in [3.63, 3.8) is 0 Å². The molecule has 2 aliphatic rings. The van der Waals surface area contributed by atoms with E-state index >= 15 is 0 Å². The lowest BCUT2D eigenvalue weighted by molar-refractivity contribution is 0.330. The second kappa shape index (κ2) is 5.47. The van der Waals surface area contributed by atoms with Crippen LogP contribution >= 0.6 is 0 Å². The van der Waals surface area contributed by atoms with Crippen LogP contribution in [0.3, 0.4) is 0 Å². The Morgan fingerprint density at radius 3 is 2.70 bits per heavy atom. The molecule has 0 radical (unpaired) electrons. The fourth-order valence-corrected chi connectivity index (χ4v) is 4.23. The fourth-order valence-electron chi connectivity index (χ4n) is 3.07. The SMILES string of the molecule is CNS(=O)(=O)C1CCN(Cc2ccccc2C2CC2)C1. The topological polar surface area (TPSA) is 49.4 Å². The van der Waals surface area contributed by atoms with Gasteiger partial charge in [-0.05, 0) is 49.9 Å². The normalized spacial score (nSPS) is 24.1. The highest BCUT2D eigenvalue weighted by Gasteiger charge is 2.33. The molecular weight excluding hydrogens is 272 g/mol. The molecule has 1 heterocycles. The zero-order chi connectivity index (χ0) is 14.2. The summed E-state index contributed by atoms with van der Waals surface area (Å²) in [7, 11) is -1.63. The number of likely N-dealkylation sites (tertiary alicyclic amines) is 1. The van der Waals surface area contributed by atoms with Gasteiger partial charge < -0.3 is 0 Å². The van der Waals surface area contributed by atoms with E-state index in [9.17, 15) is 8.42 Å². The average Bonchev–Trinajstić information content (AvgIpc) is 3.18. The highest BCUT2D eigenvalue weighted by atomic mass is 32.2. The van der Waals surface area contributed by atoms with Crippen LogP contribution in [0.2, 0.25) is 0 Å². The summed E-state index contributed by atoms with van der Waals surface area (Å²) in [5, 5.41) is -0.263. The second-order valence-corrected chi connectivity index (χ2v) is 8.03. The van der Waals surface area contributed by atoms with Gasteiger partial charge in [0.15, 0.2) is 0 Å². The van der Waals surface area contributed by atoms with Gasteiger partial charge in [0.2, 0.25) is 10.0 Å². The van der Waals surface area contributed by atoms with Gasteiger partial charge in [0.25, 0.3) is 0 Å². The van der Waals surface area contributed by atoms with Gasteiger partial charge in [-0.15, -0.1) is 0 Å². The Morgan fingerprint density at radius 2 is 2.00 bits per heavy atom. The zero-order valence-electron chi connectivity index (χ0n) is 11.9. The first kappa shape index (κ1) is 14.0. The minimum Gasteiger partial charge on any atom is -0.298 e. The van der Waals surface area contributed by atoms with E-state index in [2.05, 4.69) is 33.9 Å². The Morgan fingerprint density at radius 1 is 1.25 bits per heavy atom. The van der Waals surface area contributed by atoms with Gasteiger partial charge in [0, 0.05) is 13.1 Å². The molecule has 5 heteroatoms. The summed E-state index contributed by atoms with van der Waals surface area (Å²) >= 11 is 0. The number of benzene rings is 1. The molecule has 1 saturated carbocycles. The Balaban J connectivity index is 1.68. The summed E-state index contributed by atoms with van der Waals surface area (Å²) in [6.45, 7) is 2.38. The molecule has 110 valence electrons. The Hall–Kier alpha value is -0.910. The maximum absolute atomic E-state index is 11.8. The maximum Gasteiger partial charge on any atom is 0.215 e. The first-order valence-electron chi connectivity index (χ1n) is 7.32. The van der Waals surface area contributed by atoms with Crippen molar-refractivity contribution in [2.24, 2.45) is 0 Å². The monoisotopic (exact) mass is 294 g/mol. The standard InChI is InChI=1S/C15H22N2O2S/c1-16-20(18,19)14-8-9-17(11-14)10-13-4-2-3-5-15(13)12-6-7-12/h2-5,12,14,16H,6-11H2,1H3. The number of sulfonamides is 1. The molecule has 0 spiro atoms. The van der Waals surface area contributed by atoms with Crippen LogP contribution in [-0.2, 0) is 16.6 Å². The summed E-state index contributed by atoms with van der Waals surface area (Å²) < 4.78 is 26.1. The van der Waals surface area contributed by atoms with Crippen molar-refractivity contribution >= 4 is 10.0 Å². The minimum absolute atomic E-state index is 0.263. The van der Waals surface area contributed by atoms with E-state index in [-0.39, 0.29) is 5.25 Å². The van der Waals surface area contributed by atoms with E-state index < -0.39 is 10.0 Å². The van der Waals surface area contributed by atoms with E-state index in [0.717, 1.165) is 25.4 Å². The Kier molecular flexibility index (Phi) is 3.84. The van der Waals surface area contributed by atoms with Crippen molar-refractivity contribution in [2.75, 3.05) is 20.1 Å². The van der Waals surface area contributed by atoms with Crippen LogP contribution < -0.4 is 4.72 Å². The lowest BCUT2D eigenvalue weighted by Gasteiger charge is -2.18. The molecule has 1 aliphatic heterocycles. The van der Waals surface area contributed by atoms with E-state index in [0.29, 0.717) is 6.54 Å². The number of rotatable bonds is 5. The quantitative estimate of drug-likeness (QED) is 0.899. The average molecular weight is 294 g/mol. The molecule has 1 saturated heterocycles. The summed E-state index contributed by atoms with van der Waals surface area (Å²) in [5.41, 5.74) is 2.84. The third-order valence-electron chi connectivity index (χ3n) is 4.42. The van der Waals surface area contributed by atoms with Gasteiger partial charge >= 0.3 is 0 Å². The molecule has 0 amide bonds. The van der Waals surface area contributed by atoms with Crippen LogP contribution in [0, 0.1) is 0 Å². The molecule has 4 nitrogen and oxygen atoms in total. The number of hydrogen-bond acceptors (Lipinski definition) is 3. The van der Waals surface area contributed by atoms with Crippen molar-refractivity contribution in [1.82, 2.24) is 9.62 Å². The van der Waals surface area contributed by atoms with Crippen LogP contribution in [0.25, 0.3) is 0 Å². The summed E-state index contributed by atoms with van der Waals surface area (Å²) in [6, 6.07) is 8.60. The van der Waals surface area contributed by atoms with Crippen LogP contribution in [0.4, 0.5) is 0 Å². The third kappa shape index (κ3) is 2.90. The number of hydrogen-bond donors (Lipinski definition) is 1. The molecule has 3 rings (SSSR count). The maximum atomic E-state index is 11.8. The molecule has 1 N–H and O–H groups in total. The first-order chi connectivity index (χ1) is 9.60. The largest absolute Gasteiger partial charge is 0.298 e. The van der Waals surface area contributed by atoms with Crippen molar-refractivity contribution in [2.45, 2.75) is 37.0 Å². The van der Waals surface area contributed by atoms with Crippen molar-refractivity contribution in [3.05, 3.63) is 35.4 Å². The van der Waals surface area contributed by atoms with Crippen molar-refractivity contribution < 1.29 is 8.42 Å². The van der Waals surface area contributed by atoms with Crippen LogP contribution in [-0.4, -0.2) is 38.7 Å². The highest BCUT2D eigenvalue weighted by molar-refractivity contribution is 7.90.